The molecule has 6 nitrogen and oxygen atoms in total. The topological polar surface area (TPSA) is 94.9 Å². The maximum absolute atomic E-state index is 12.5. The predicted molar refractivity (Wildman–Crippen MR) is 107 cm³/mol. The van der Waals surface area contributed by atoms with Crippen molar-refractivity contribution in [3.05, 3.63) is 88.7 Å². The molecule has 3 aromatic rings. The van der Waals surface area contributed by atoms with E-state index in [-0.39, 0.29) is 5.69 Å². The number of benzene rings is 2. The highest BCUT2D eigenvalue weighted by Gasteiger charge is 2.13. The van der Waals surface area contributed by atoms with Gasteiger partial charge in [-0.1, -0.05) is 12.1 Å². The first-order valence-electron chi connectivity index (χ1n) is 8.62. The second kappa shape index (κ2) is 8.14. The fraction of sp³-hybridized carbons (Fsp3) is 0.0909. The van der Waals surface area contributed by atoms with Gasteiger partial charge < -0.3 is 10.6 Å². The van der Waals surface area contributed by atoms with E-state index >= 15 is 0 Å². The van der Waals surface area contributed by atoms with Crippen LogP contribution in [0.3, 0.4) is 0 Å². The average Bonchev–Trinajstić information content (AvgIpc) is 2.67. The summed E-state index contributed by atoms with van der Waals surface area (Å²) in [5.41, 5.74) is 4.13. The van der Waals surface area contributed by atoms with Crippen molar-refractivity contribution in [1.29, 1.82) is 5.26 Å². The van der Waals surface area contributed by atoms with Crippen molar-refractivity contribution in [3.63, 3.8) is 0 Å². The summed E-state index contributed by atoms with van der Waals surface area (Å²) in [5, 5.41) is 14.5. The number of aryl methyl sites for hydroxylation is 2. The molecule has 0 aliphatic carbocycles. The Morgan fingerprint density at radius 3 is 2.32 bits per heavy atom. The fourth-order valence-corrected chi connectivity index (χ4v) is 2.81. The number of hydrogen-bond acceptors (Lipinski definition) is 4. The van der Waals surface area contributed by atoms with Gasteiger partial charge in [0.1, 0.15) is 5.69 Å². The van der Waals surface area contributed by atoms with Gasteiger partial charge >= 0.3 is 0 Å². The highest BCUT2D eigenvalue weighted by atomic mass is 16.2. The van der Waals surface area contributed by atoms with Gasteiger partial charge in [-0.05, 0) is 67.4 Å². The van der Waals surface area contributed by atoms with Crippen LogP contribution in [0.5, 0.6) is 0 Å². The number of aromatic nitrogens is 1. The van der Waals surface area contributed by atoms with Crippen LogP contribution >= 0.6 is 0 Å². The molecule has 0 atom stereocenters. The number of nitrogens with zero attached hydrogens (tertiary/aromatic N) is 2. The van der Waals surface area contributed by atoms with E-state index < -0.39 is 11.8 Å². The predicted octanol–water partition coefficient (Wildman–Crippen LogP) is 4.07. The first-order valence-corrected chi connectivity index (χ1v) is 8.62. The van der Waals surface area contributed by atoms with Crippen molar-refractivity contribution in [2.45, 2.75) is 13.8 Å². The van der Waals surface area contributed by atoms with Crippen LogP contribution in [0.15, 0.2) is 60.8 Å². The van der Waals surface area contributed by atoms with Crippen molar-refractivity contribution >= 4 is 23.2 Å². The first kappa shape index (κ1) is 18.8. The van der Waals surface area contributed by atoms with Crippen LogP contribution < -0.4 is 10.6 Å². The number of carbonyl (C=O) groups is 2. The molecule has 0 bridgehead atoms. The van der Waals surface area contributed by atoms with Gasteiger partial charge in [-0.25, -0.2) is 0 Å². The molecule has 2 N–H and O–H groups in total. The second-order valence-electron chi connectivity index (χ2n) is 6.41. The molecule has 1 heterocycles. The molecule has 1 aromatic heterocycles. The van der Waals surface area contributed by atoms with Crippen LogP contribution in [0.1, 0.15) is 37.5 Å². The fourth-order valence-electron chi connectivity index (χ4n) is 2.81. The van der Waals surface area contributed by atoms with Gasteiger partial charge in [0.25, 0.3) is 11.8 Å². The number of hydrogen-bond donors (Lipinski definition) is 2. The lowest BCUT2D eigenvalue weighted by Crippen LogP contribution is -2.17. The van der Waals surface area contributed by atoms with Crippen molar-refractivity contribution < 1.29 is 9.59 Å². The van der Waals surface area contributed by atoms with Crippen LogP contribution in [0, 0.1) is 25.2 Å². The maximum Gasteiger partial charge on any atom is 0.274 e. The Kier molecular flexibility index (Phi) is 5.47. The molecule has 0 saturated heterocycles. The minimum atomic E-state index is -0.397. The number of nitrogens with one attached hydrogen (secondary N) is 2. The van der Waals surface area contributed by atoms with Gasteiger partial charge in [0.15, 0.2) is 0 Å². The van der Waals surface area contributed by atoms with E-state index in [1.165, 1.54) is 18.3 Å². The Morgan fingerprint density at radius 2 is 1.61 bits per heavy atom. The lowest BCUT2D eigenvalue weighted by molar-refractivity contribution is 0.102. The number of carbonyl (C=O) groups excluding carboxylic acids is 2. The molecule has 28 heavy (non-hydrogen) atoms. The summed E-state index contributed by atoms with van der Waals surface area (Å²) >= 11 is 0. The van der Waals surface area contributed by atoms with Crippen molar-refractivity contribution in [1.82, 2.24) is 4.98 Å². The third kappa shape index (κ3) is 4.59. The summed E-state index contributed by atoms with van der Waals surface area (Å²) in [6.45, 7) is 3.90. The summed E-state index contributed by atoms with van der Waals surface area (Å²) < 4.78 is 0. The van der Waals surface area contributed by atoms with E-state index in [0.717, 1.165) is 11.1 Å². The summed E-state index contributed by atoms with van der Waals surface area (Å²) in [5.74, 6) is -0.788. The molecule has 0 unspecified atom stereocenters. The Bertz CT molecular complexity index is 1080. The molecule has 2 aromatic carbocycles. The third-order valence-corrected chi connectivity index (χ3v) is 3.98. The summed E-state index contributed by atoms with van der Waals surface area (Å²) in [4.78, 5) is 29.1. The smallest absolute Gasteiger partial charge is 0.274 e. The Balaban J connectivity index is 1.76. The lowest BCUT2D eigenvalue weighted by atomic mass is 10.1. The standard InChI is InChI=1S/C22H18N4O2/c1-14-8-15(2)10-19(9-14)26-22(28)20-12-17(6-7-24-20)21(27)25-18-5-3-4-16(11-18)13-23/h3-12H,1-2H3,(H,25,27)(H,26,28). The molecular weight excluding hydrogens is 352 g/mol. The quantitative estimate of drug-likeness (QED) is 0.723. The number of anilines is 2. The minimum absolute atomic E-state index is 0.137. The van der Waals surface area contributed by atoms with Crippen molar-refractivity contribution in [2.24, 2.45) is 0 Å². The molecule has 0 spiro atoms. The SMILES string of the molecule is Cc1cc(C)cc(NC(=O)c2cc(C(=O)Nc3cccc(C#N)c3)ccn2)c1. The molecule has 0 saturated carbocycles. The van der Waals surface area contributed by atoms with Crippen molar-refractivity contribution in [2.75, 3.05) is 10.6 Å². The molecule has 0 radical (unpaired) electrons. The van der Waals surface area contributed by atoms with Crippen molar-refractivity contribution in [3.8, 4) is 6.07 Å². The van der Waals surface area contributed by atoms with E-state index in [2.05, 4.69) is 15.6 Å². The maximum atomic E-state index is 12.5. The van der Waals surface area contributed by atoms with Gasteiger partial charge in [-0.15, -0.1) is 0 Å². The summed E-state index contributed by atoms with van der Waals surface area (Å²) in [6, 6.07) is 17.3. The van der Waals surface area contributed by atoms with Gasteiger partial charge in [0.2, 0.25) is 0 Å². The van der Waals surface area contributed by atoms with Gasteiger partial charge in [-0.3, -0.25) is 14.6 Å². The summed E-state index contributed by atoms with van der Waals surface area (Å²) in [6.07, 6.45) is 1.41. The van der Waals surface area contributed by atoms with Gasteiger partial charge in [0, 0.05) is 23.1 Å². The van der Waals surface area contributed by atoms with E-state index in [0.29, 0.717) is 22.5 Å². The zero-order chi connectivity index (χ0) is 20.1. The monoisotopic (exact) mass is 370 g/mol. The molecule has 0 aliphatic rings. The second-order valence-corrected chi connectivity index (χ2v) is 6.41. The minimum Gasteiger partial charge on any atom is -0.322 e. The number of nitriles is 1. The van der Waals surface area contributed by atoms with E-state index in [9.17, 15) is 9.59 Å². The molecule has 3 rings (SSSR count). The highest BCUT2D eigenvalue weighted by Crippen LogP contribution is 2.16. The van der Waals surface area contributed by atoms with E-state index in [4.69, 9.17) is 5.26 Å². The average molecular weight is 370 g/mol. The third-order valence-electron chi connectivity index (χ3n) is 3.98. The van der Waals surface area contributed by atoms with Crippen LogP contribution in [0.4, 0.5) is 11.4 Å². The zero-order valence-corrected chi connectivity index (χ0v) is 15.5. The Hall–Kier alpha value is -3.98. The number of rotatable bonds is 4. The zero-order valence-electron chi connectivity index (χ0n) is 15.5. The Labute approximate surface area is 162 Å². The Morgan fingerprint density at radius 1 is 0.893 bits per heavy atom. The first-order chi connectivity index (χ1) is 13.4. The highest BCUT2D eigenvalue weighted by molar-refractivity contribution is 6.07. The van der Waals surface area contributed by atoms with Gasteiger partial charge in [-0.2, -0.15) is 5.26 Å². The van der Waals surface area contributed by atoms with Gasteiger partial charge in [0.05, 0.1) is 11.6 Å². The van der Waals surface area contributed by atoms with Crippen LogP contribution in [-0.4, -0.2) is 16.8 Å². The van der Waals surface area contributed by atoms with E-state index in [1.54, 1.807) is 24.3 Å². The number of amides is 2. The van der Waals surface area contributed by atoms with E-state index in [1.807, 2.05) is 38.1 Å². The molecule has 2 amide bonds. The molecule has 138 valence electrons. The van der Waals surface area contributed by atoms with Crippen LogP contribution in [0.2, 0.25) is 0 Å². The lowest BCUT2D eigenvalue weighted by Gasteiger charge is -2.09. The largest absolute Gasteiger partial charge is 0.322 e. The molecule has 0 fully saturated rings. The van der Waals surface area contributed by atoms with Crippen LogP contribution in [0.25, 0.3) is 0 Å². The normalized spacial score (nSPS) is 10.0. The molecule has 0 aliphatic heterocycles. The summed E-state index contributed by atoms with van der Waals surface area (Å²) in [7, 11) is 0. The van der Waals surface area contributed by atoms with Crippen LogP contribution in [-0.2, 0) is 0 Å². The molecule has 6 heteroatoms. The molecular formula is C22H18N4O2. The number of pyridine rings is 1.